The minimum Gasteiger partial charge on any atom is -0.487 e. The van der Waals surface area contributed by atoms with E-state index < -0.39 is 43.2 Å². The maximum Gasteiger partial charge on any atom is 0.132 e. The van der Waals surface area contributed by atoms with Gasteiger partial charge in [0.05, 0.1) is 6.61 Å². The summed E-state index contributed by atoms with van der Waals surface area (Å²) in [7, 11) is 0. The van der Waals surface area contributed by atoms with E-state index in [1.807, 2.05) is 18.2 Å². The lowest BCUT2D eigenvalue weighted by Gasteiger charge is -2.41. The maximum absolute atomic E-state index is 10.4. The molecule has 6 heteroatoms. The molecule has 6 nitrogen and oxygen atoms in total. The van der Waals surface area contributed by atoms with Crippen molar-refractivity contribution >= 4 is 0 Å². The number of hydrogen-bond donors (Lipinski definition) is 4. The Labute approximate surface area is 170 Å². The van der Waals surface area contributed by atoms with Gasteiger partial charge in [0.2, 0.25) is 0 Å². The summed E-state index contributed by atoms with van der Waals surface area (Å²) >= 11 is 0. The van der Waals surface area contributed by atoms with Crippen molar-refractivity contribution < 1.29 is 29.9 Å². The van der Waals surface area contributed by atoms with E-state index in [0.717, 1.165) is 29.7 Å². The van der Waals surface area contributed by atoms with Crippen LogP contribution in [0.1, 0.15) is 29.2 Å². The molecular weight excluding hydrogens is 372 g/mol. The Morgan fingerprint density at radius 3 is 2.34 bits per heavy atom. The molecule has 0 bridgehead atoms. The number of aliphatic hydroxyl groups excluding tert-OH is 4. The molecular formula is C23H28O6. The molecule has 2 heterocycles. The summed E-state index contributed by atoms with van der Waals surface area (Å²) in [6, 6.07) is 14.5. The number of ether oxygens (including phenoxy) is 2. The van der Waals surface area contributed by atoms with Crippen molar-refractivity contribution in [2.75, 3.05) is 6.61 Å². The lowest BCUT2D eigenvalue weighted by Crippen LogP contribution is -2.62. The van der Waals surface area contributed by atoms with Gasteiger partial charge in [0.1, 0.15) is 42.4 Å². The molecule has 0 aromatic heterocycles. The third kappa shape index (κ3) is 3.91. The average molecular weight is 400 g/mol. The smallest absolute Gasteiger partial charge is 0.132 e. The van der Waals surface area contributed by atoms with Gasteiger partial charge in [-0.3, -0.25) is 0 Å². The van der Waals surface area contributed by atoms with Gasteiger partial charge >= 0.3 is 0 Å². The van der Waals surface area contributed by atoms with Gasteiger partial charge < -0.3 is 29.9 Å². The molecule has 29 heavy (non-hydrogen) atoms. The molecule has 2 aliphatic heterocycles. The van der Waals surface area contributed by atoms with Crippen LogP contribution in [-0.2, 0) is 24.0 Å². The van der Waals surface area contributed by atoms with E-state index in [1.165, 1.54) is 11.1 Å². The maximum atomic E-state index is 10.4. The van der Waals surface area contributed by atoms with Crippen LogP contribution in [-0.4, -0.2) is 63.7 Å². The predicted octanol–water partition coefficient (Wildman–Crippen LogP) is 0.986. The summed E-state index contributed by atoms with van der Waals surface area (Å²) in [5.74, 6) is 0.786. The Kier molecular flexibility index (Phi) is 5.90. The highest BCUT2D eigenvalue weighted by atomic mass is 16.6. The van der Waals surface area contributed by atoms with Crippen molar-refractivity contribution in [1.82, 2.24) is 0 Å². The highest BCUT2D eigenvalue weighted by Gasteiger charge is 2.48. The van der Waals surface area contributed by atoms with Gasteiger partial charge in [-0.2, -0.15) is 0 Å². The average Bonchev–Trinajstić information content (AvgIpc) is 3.18. The van der Waals surface area contributed by atoms with Crippen molar-refractivity contribution in [3.8, 4) is 5.75 Å². The topological polar surface area (TPSA) is 99.4 Å². The van der Waals surface area contributed by atoms with E-state index in [2.05, 4.69) is 31.2 Å². The second-order valence-electron chi connectivity index (χ2n) is 7.91. The summed E-state index contributed by atoms with van der Waals surface area (Å²) in [6.07, 6.45) is -4.06. The van der Waals surface area contributed by atoms with Gasteiger partial charge in [-0.25, -0.2) is 0 Å². The molecule has 2 aromatic rings. The summed E-state index contributed by atoms with van der Waals surface area (Å²) in [6.45, 7) is 1.69. The van der Waals surface area contributed by atoms with Gasteiger partial charge in [-0.05, 0) is 28.7 Å². The van der Waals surface area contributed by atoms with E-state index in [-0.39, 0.29) is 0 Å². The highest BCUT2D eigenvalue weighted by molar-refractivity contribution is 5.47. The van der Waals surface area contributed by atoms with Crippen molar-refractivity contribution in [2.45, 2.75) is 62.8 Å². The second kappa shape index (κ2) is 8.42. The van der Waals surface area contributed by atoms with Crippen molar-refractivity contribution in [1.29, 1.82) is 0 Å². The Morgan fingerprint density at radius 2 is 1.66 bits per heavy atom. The predicted molar refractivity (Wildman–Crippen MR) is 107 cm³/mol. The van der Waals surface area contributed by atoms with Crippen LogP contribution in [0, 0.1) is 0 Å². The van der Waals surface area contributed by atoms with Crippen LogP contribution in [0.25, 0.3) is 0 Å². The molecule has 0 aliphatic carbocycles. The Balaban J connectivity index is 1.53. The normalized spacial score (nSPS) is 31.3. The van der Waals surface area contributed by atoms with Crippen molar-refractivity contribution in [2.24, 2.45) is 0 Å². The summed E-state index contributed by atoms with van der Waals surface area (Å²) in [4.78, 5) is 0. The van der Waals surface area contributed by atoms with E-state index in [0.29, 0.717) is 6.42 Å². The molecule has 1 unspecified atom stereocenters. The number of aryl methyl sites for hydroxylation is 1. The summed E-state index contributed by atoms with van der Waals surface area (Å²) < 4.78 is 11.9. The number of hydrogen-bond acceptors (Lipinski definition) is 6. The first-order valence-electron chi connectivity index (χ1n) is 10.2. The molecule has 1 fully saturated rings. The van der Waals surface area contributed by atoms with Gasteiger partial charge in [0.15, 0.2) is 0 Å². The molecule has 4 rings (SSSR count). The number of aliphatic hydroxyl groups is 4. The lowest BCUT2D eigenvalue weighted by atomic mass is 9.91. The zero-order valence-corrected chi connectivity index (χ0v) is 16.4. The zero-order chi connectivity index (χ0) is 20.5. The molecule has 2 aliphatic rings. The van der Waals surface area contributed by atoms with E-state index >= 15 is 0 Å². The van der Waals surface area contributed by atoms with Crippen LogP contribution in [0.5, 0.6) is 5.75 Å². The van der Waals surface area contributed by atoms with Crippen molar-refractivity contribution in [3.05, 3.63) is 64.7 Å². The fourth-order valence-corrected chi connectivity index (χ4v) is 4.23. The SMILES string of the molecule is CCc1ccc(Cc2cccc3c2OC([C@@H]2O[C@H](CO)[C@@H](O)[C@H](O)[C@H]2O)C3)cc1. The number of rotatable bonds is 5. The monoisotopic (exact) mass is 400 g/mol. The van der Waals surface area contributed by atoms with Crippen LogP contribution >= 0.6 is 0 Å². The molecule has 6 atom stereocenters. The first-order chi connectivity index (χ1) is 14.0. The zero-order valence-electron chi connectivity index (χ0n) is 16.4. The molecule has 0 radical (unpaired) electrons. The van der Waals surface area contributed by atoms with Crippen LogP contribution in [0.3, 0.4) is 0 Å². The molecule has 2 aromatic carbocycles. The Bertz CT molecular complexity index is 834. The quantitative estimate of drug-likeness (QED) is 0.597. The van der Waals surface area contributed by atoms with E-state index in [1.54, 1.807) is 0 Å². The molecule has 1 saturated heterocycles. The first-order valence-corrected chi connectivity index (χ1v) is 10.2. The van der Waals surface area contributed by atoms with Gasteiger partial charge in [0.25, 0.3) is 0 Å². The van der Waals surface area contributed by atoms with E-state index in [9.17, 15) is 20.4 Å². The molecule has 0 spiro atoms. The second-order valence-corrected chi connectivity index (χ2v) is 7.91. The van der Waals surface area contributed by atoms with Crippen molar-refractivity contribution in [3.63, 3.8) is 0 Å². The highest BCUT2D eigenvalue weighted by Crippen LogP contribution is 2.37. The minimum atomic E-state index is -1.39. The fourth-order valence-electron chi connectivity index (χ4n) is 4.23. The Hall–Kier alpha value is -1.96. The third-order valence-corrected chi connectivity index (χ3v) is 5.99. The molecule has 0 amide bonds. The number of para-hydroxylation sites is 1. The largest absolute Gasteiger partial charge is 0.487 e. The first kappa shape index (κ1) is 20.3. The third-order valence-electron chi connectivity index (χ3n) is 5.99. The molecule has 156 valence electrons. The Morgan fingerprint density at radius 1 is 0.931 bits per heavy atom. The number of fused-ring (bicyclic) bond motifs is 1. The fraction of sp³-hybridized carbons (Fsp3) is 0.478. The van der Waals surface area contributed by atoms with Gasteiger partial charge in [-0.15, -0.1) is 0 Å². The van der Waals surface area contributed by atoms with Crippen LogP contribution in [0.15, 0.2) is 42.5 Å². The summed E-state index contributed by atoms with van der Waals surface area (Å²) in [5, 5.41) is 39.9. The summed E-state index contributed by atoms with van der Waals surface area (Å²) in [5.41, 5.74) is 4.56. The molecule has 0 saturated carbocycles. The molecule has 4 N–H and O–H groups in total. The van der Waals surface area contributed by atoms with Crippen LogP contribution in [0.2, 0.25) is 0 Å². The van der Waals surface area contributed by atoms with E-state index in [4.69, 9.17) is 9.47 Å². The van der Waals surface area contributed by atoms with Gasteiger partial charge in [-0.1, -0.05) is 49.4 Å². The van der Waals surface area contributed by atoms with Crippen LogP contribution in [0.4, 0.5) is 0 Å². The van der Waals surface area contributed by atoms with Gasteiger partial charge in [0, 0.05) is 12.8 Å². The standard InChI is InChI=1S/C23H28O6/c1-2-13-6-8-14(9-7-13)10-15-4-3-5-16-11-17(28-22(15)16)23-21(27)20(26)19(25)18(12-24)29-23/h3-9,17-21,23-27H,2,10-12H2,1H3/t17?,18-,19-,20+,21-,23+/m1/s1. The minimum absolute atomic E-state index is 0.444. The lowest BCUT2D eigenvalue weighted by molar-refractivity contribution is -0.244. The number of benzene rings is 2. The van der Waals surface area contributed by atoms with Crippen LogP contribution < -0.4 is 4.74 Å².